The lowest BCUT2D eigenvalue weighted by Crippen LogP contribution is -2.16. The molecule has 150 valence electrons. The van der Waals surface area contributed by atoms with Gasteiger partial charge in [0.25, 0.3) is 5.91 Å². The van der Waals surface area contributed by atoms with E-state index in [9.17, 15) is 13.6 Å². The Balaban J connectivity index is 1.67. The monoisotopic (exact) mass is 398 g/mol. The molecule has 1 fully saturated rings. The van der Waals surface area contributed by atoms with Crippen LogP contribution in [0, 0.1) is 24.5 Å². The van der Waals surface area contributed by atoms with Crippen LogP contribution in [0.5, 0.6) is 5.75 Å². The number of nitrogens with zero attached hydrogens (tertiary/aromatic N) is 2. The minimum atomic E-state index is -1.20. The second-order valence-electron chi connectivity index (χ2n) is 7.14. The zero-order valence-corrected chi connectivity index (χ0v) is 15.8. The molecule has 0 atom stereocenters. The van der Waals surface area contributed by atoms with Crippen molar-refractivity contribution in [3.63, 3.8) is 0 Å². The Hall–Kier alpha value is -3.42. The number of carbonyl (C=O) groups is 1. The Labute approximate surface area is 166 Å². The maximum absolute atomic E-state index is 14.8. The number of nitrogens with one attached hydrogen (secondary N) is 1. The molecule has 3 aromatic rings. The molecule has 4 rings (SSSR count). The predicted molar refractivity (Wildman–Crippen MR) is 105 cm³/mol. The van der Waals surface area contributed by atoms with Crippen molar-refractivity contribution in [2.24, 2.45) is 11.7 Å². The van der Waals surface area contributed by atoms with Crippen LogP contribution in [0.15, 0.2) is 43.0 Å². The maximum Gasteiger partial charge on any atom is 0.251 e. The third kappa shape index (κ3) is 3.91. The molecule has 0 unspecified atom stereocenters. The highest BCUT2D eigenvalue weighted by Gasteiger charge is 2.26. The van der Waals surface area contributed by atoms with Crippen LogP contribution in [0.2, 0.25) is 0 Å². The first-order chi connectivity index (χ1) is 13.9. The van der Waals surface area contributed by atoms with Gasteiger partial charge in [-0.15, -0.1) is 0 Å². The number of ether oxygens (including phenoxy) is 1. The molecule has 2 aromatic carbocycles. The first-order valence-corrected chi connectivity index (χ1v) is 9.24. The van der Waals surface area contributed by atoms with Crippen LogP contribution < -0.4 is 15.8 Å². The van der Waals surface area contributed by atoms with Crippen molar-refractivity contribution in [3.05, 3.63) is 65.7 Å². The summed E-state index contributed by atoms with van der Waals surface area (Å²) in [5, 5.41) is 2.81. The average Bonchev–Trinajstić information content (AvgIpc) is 3.36. The van der Waals surface area contributed by atoms with Crippen molar-refractivity contribution in [2.75, 3.05) is 11.9 Å². The van der Waals surface area contributed by atoms with Gasteiger partial charge in [0.2, 0.25) is 5.82 Å². The number of imidazole rings is 1. The second-order valence-corrected chi connectivity index (χ2v) is 7.14. The third-order valence-corrected chi connectivity index (χ3v) is 4.88. The number of nitrogens with two attached hydrogens (primary N) is 1. The minimum absolute atomic E-state index is 0.173. The SMILES string of the molecule is Cc1cc(-n2ccnc2)ccc1Nc1c(C(N)=O)cc(OCC2CC2)c(F)c1F. The van der Waals surface area contributed by atoms with Crippen LogP contribution in [-0.2, 0) is 0 Å². The van der Waals surface area contributed by atoms with Gasteiger partial charge in [0.05, 0.1) is 24.2 Å². The Morgan fingerprint density at radius 2 is 2.10 bits per heavy atom. The van der Waals surface area contributed by atoms with Gasteiger partial charge >= 0.3 is 0 Å². The summed E-state index contributed by atoms with van der Waals surface area (Å²) in [6.07, 6.45) is 7.11. The maximum atomic E-state index is 14.8. The van der Waals surface area contributed by atoms with Crippen molar-refractivity contribution in [1.82, 2.24) is 9.55 Å². The van der Waals surface area contributed by atoms with Crippen molar-refractivity contribution in [3.8, 4) is 11.4 Å². The number of amides is 1. The Morgan fingerprint density at radius 3 is 2.72 bits per heavy atom. The van der Waals surface area contributed by atoms with E-state index >= 15 is 0 Å². The van der Waals surface area contributed by atoms with Crippen LogP contribution in [0.3, 0.4) is 0 Å². The number of primary amides is 1. The number of rotatable bonds is 7. The molecule has 0 bridgehead atoms. The van der Waals surface area contributed by atoms with Crippen molar-refractivity contribution in [2.45, 2.75) is 19.8 Å². The molecule has 1 aliphatic carbocycles. The number of aromatic nitrogens is 2. The van der Waals surface area contributed by atoms with Gasteiger partial charge in [-0.3, -0.25) is 4.79 Å². The number of halogens is 2. The van der Waals surface area contributed by atoms with E-state index in [1.54, 1.807) is 30.9 Å². The fourth-order valence-electron chi connectivity index (χ4n) is 3.01. The molecule has 0 saturated heterocycles. The molecule has 0 radical (unpaired) electrons. The molecular formula is C21H20F2N4O2. The van der Waals surface area contributed by atoms with Crippen LogP contribution in [0.25, 0.3) is 5.69 Å². The van der Waals surface area contributed by atoms with Crippen LogP contribution in [0.4, 0.5) is 20.2 Å². The summed E-state index contributed by atoms with van der Waals surface area (Å²) in [6, 6.07) is 6.52. The number of hydrogen-bond donors (Lipinski definition) is 2. The van der Waals surface area contributed by atoms with E-state index in [0.29, 0.717) is 11.6 Å². The largest absolute Gasteiger partial charge is 0.490 e. The summed E-state index contributed by atoms with van der Waals surface area (Å²) in [7, 11) is 0. The molecule has 3 N–H and O–H groups in total. The Morgan fingerprint density at radius 1 is 1.31 bits per heavy atom. The molecule has 1 saturated carbocycles. The number of aryl methyl sites for hydroxylation is 1. The second kappa shape index (κ2) is 7.54. The van der Waals surface area contributed by atoms with Crippen molar-refractivity contribution < 1.29 is 18.3 Å². The molecule has 1 aromatic heterocycles. The van der Waals surface area contributed by atoms with Crippen molar-refractivity contribution in [1.29, 1.82) is 0 Å². The zero-order chi connectivity index (χ0) is 20.5. The lowest BCUT2D eigenvalue weighted by Gasteiger charge is -2.17. The van der Waals surface area contributed by atoms with Gasteiger partial charge in [-0.1, -0.05) is 0 Å². The van der Waals surface area contributed by atoms with E-state index in [1.807, 2.05) is 17.6 Å². The smallest absolute Gasteiger partial charge is 0.251 e. The Bertz CT molecular complexity index is 1060. The van der Waals surface area contributed by atoms with Crippen LogP contribution in [-0.4, -0.2) is 22.1 Å². The summed E-state index contributed by atoms with van der Waals surface area (Å²) in [5.74, 6) is -3.18. The van der Waals surface area contributed by atoms with Gasteiger partial charge in [-0.05, 0) is 55.5 Å². The quantitative estimate of drug-likeness (QED) is 0.628. The van der Waals surface area contributed by atoms with Gasteiger partial charge in [-0.25, -0.2) is 9.37 Å². The number of benzene rings is 2. The van der Waals surface area contributed by atoms with E-state index in [4.69, 9.17) is 10.5 Å². The molecule has 1 heterocycles. The first kappa shape index (κ1) is 18.9. The first-order valence-electron chi connectivity index (χ1n) is 9.24. The van der Waals surface area contributed by atoms with E-state index < -0.39 is 17.5 Å². The van der Waals surface area contributed by atoms with E-state index in [2.05, 4.69) is 10.3 Å². The highest BCUT2D eigenvalue weighted by Crippen LogP contribution is 2.35. The molecule has 6 nitrogen and oxygen atoms in total. The zero-order valence-electron chi connectivity index (χ0n) is 15.8. The predicted octanol–water partition coefficient (Wildman–Crippen LogP) is 4.09. The minimum Gasteiger partial charge on any atom is -0.490 e. The molecular weight excluding hydrogens is 378 g/mol. The topological polar surface area (TPSA) is 82.2 Å². The Kier molecular flexibility index (Phi) is 4.92. The summed E-state index contributed by atoms with van der Waals surface area (Å²) in [6.45, 7) is 2.10. The molecule has 1 amide bonds. The summed E-state index contributed by atoms with van der Waals surface area (Å²) in [5.41, 5.74) is 7.07. The summed E-state index contributed by atoms with van der Waals surface area (Å²) in [4.78, 5) is 15.9. The van der Waals surface area contributed by atoms with Crippen LogP contribution >= 0.6 is 0 Å². The summed E-state index contributed by atoms with van der Waals surface area (Å²) < 4.78 is 36.5. The van der Waals surface area contributed by atoms with E-state index in [0.717, 1.165) is 30.2 Å². The molecule has 8 heteroatoms. The molecule has 0 spiro atoms. The van der Waals surface area contributed by atoms with Crippen molar-refractivity contribution >= 4 is 17.3 Å². The van der Waals surface area contributed by atoms with Gasteiger partial charge in [0.15, 0.2) is 11.6 Å². The lowest BCUT2D eigenvalue weighted by atomic mass is 10.1. The van der Waals surface area contributed by atoms with Crippen LogP contribution in [0.1, 0.15) is 28.8 Å². The van der Waals surface area contributed by atoms with Gasteiger partial charge < -0.3 is 20.4 Å². The molecule has 1 aliphatic rings. The van der Waals surface area contributed by atoms with Gasteiger partial charge in [0, 0.05) is 23.8 Å². The lowest BCUT2D eigenvalue weighted by molar-refractivity contribution is 0.1000. The molecule has 29 heavy (non-hydrogen) atoms. The number of carbonyl (C=O) groups excluding carboxylic acids is 1. The fourth-order valence-corrected chi connectivity index (χ4v) is 3.01. The number of anilines is 2. The number of hydrogen-bond acceptors (Lipinski definition) is 4. The highest BCUT2D eigenvalue weighted by molar-refractivity contribution is 6.00. The van der Waals surface area contributed by atoms with Gasteiger partial charge in [-0.2, -0.15) is 4.39 Å². The summed E-state index contributed by atoms with van der Waals surface area (Å²) >= 11 is 0. The standard InChI is InChI=1S/C21H20F2N4O2/c1-12-8-14(27-7-6-25-11-27)4-5-16(12)26-20-15(21(24)28)9-17(18(22)19(20)23)29-10-13-2-3-13/h4-9,11,13,26H,2-3,10H2,1H3,(H2,24,28). The fraction of sp³-hybridized carbons (Fsp3) is 0.238. The highest BCUT2D eigenvalue weighted by atomic mass is 19.2. The van der Waals surface area contributed by atoms with E-state index in [1.165, 1.54) is 0 Å². The normalized spacial score (nSPS) is 13.3. The molecule has 0 aliphatic heterocycles. The van der Waals surface area contributed by atoms with Gasteiger partial charge in [0.1, 0.15) is 0 Å². The average molecular weight is 398 g/mol. The third-order valence-electron chi connectivity index (χ3n) is 4.88. The van der Waals surface area contributed by atoms with E-state index in [-0.39, 0.29) is 23.6 Å².